The molecule has 4 aromatic rings. The fourth-order valence-corrected chi connectivity index (χ4v) is 5.31. The first-order valence-electron chi connectivity index (χ1n) is 14.2. The number of aldehydes is 1. The number of rotatable bonds is 12. The van der Waals surface area contributed by atoms with Crippen LogP contribution < -0.4 is 20.9 Å². The highest BCUT2D eigenvalue weighted by molar-refractivity contribution is 5.89. The summed E-state index contributed by atoms with van der Waals surface area (Å²) < 4.78 is 58.0. The van der Waals surface area contributed by atoms with Gasteiger partial charge < -0.3 is 30.0 Å². The minimum Gasteiger partial charge on any atom is -0.405 e. The van der Waals surface area contributed by atoms with E-state index in [0.717, 1.165) is 23.6 Å². The van der Waals surface area contributed by atoms with Crippen LogP contribution in [-0.2, 0) is 16.1 Å². The summed E-state index contributed by atoms with van der Waals surface area (Å²) in [7, 11) is 3.08. The lowest BCUT2D eigenvalue weighted by Gasteiger charge is -2.27. The molecule has 0 fully saturated rings. The number of carbonyl (C=O) groups is 2. The molecule has 4 rings (SSSR count). The standard InChI is InChI=1S/C33H34F4N4O4/c1-19(6-5-13-42)25-10-7-21(14-20(25)2)30(40-24-8-11-26-27(16-24)31(43)39-17-28(26)34)32(44)41(4)18-22-15-23(38-3)9-12-29(22)45-33(35,36)37/h7-17,19,30,38,40H,5-6,18H2,1-4H3,(H,39,43)/t19-,30+/m0/s1. The van der Waals surface area contributed by atoms with E-state index in [1.54, 1.807) is 19.2 Å². The van der Waals surface area contributed by atoms with Crippen molar-refractivity contribution in [2.45, 2.75) is 51.6 Å². The van der Waals surface area contributed by atoms with Crippen LogP contribution in [0.4, 0.5) is 28.9 Å². The van der Waals surface area contributed by atoms with Gasteiger partial charge in [-0.25, -0.2) is 4.39 Å². The molecule has 0 aliphatic heterocycles. The van der Waals surface area contributed by atoms with E-state index >= 15 is 0 Å². The van der Waals surface area contributed by atoms with Gasteiger partial charge in [0.05, 0.1) is 5.39 Å². The highest BCUT2D eigenvalue weighted by Crippen LogP contribution is 2.32. The molecule has 3 aromatic carbocycles. The van der Waals surface area contributed by atoms with Crippen molar-refractivity contribution in [1.82, 2.24) is 9.88 Å². The Labute approximate surface area is 257 Å². The Bertz CT molecular complexity index is 1760. The zero-order valence-electron chi connectivity index (χ0n) is 25.2. The number of aromatic amines is 1. The number of hydrogen-bond donors (Lipinski definition) is 3. The Balaban J connectivity index is 1.73. The number of H-pyrrole nitrogens is 1. The number of aromatic nitrogens is 1. The van der Waals surface area contributed by atoms with Crippen LogP contribution in [-0.4, -0.2) is 42.5 Å². The maximum Gasteiger partial charge on any atom is 0.573 e. The molecule has 0 saturated carbocycles. The summed E-state index contributed by atoms with van der Waals surface area (Å²) >= 11 is 0. The number of nitrogens with one attached hydrogen (secondary N) is 3. The van der Waals surface area contributed by atoms with Crippen LogP contribution in [0.15, 0.2) is 65.6 Å². The number of fused-ring (bicyclic) bond motifs is 1. The molecule has 0 saturated heterocycles. The van der Waals surface area contributed by atoms with Crippen molar-refractivity contribution in [3.63, 3.8) is 0 Å². The van der Waals surface area contributed by atoms with E-state index in [2.05, 4.69) is 20.4 Å². The van der Waals surface area contributed by atoms with E-state index < -0.39 is 35.4 Å². The van der Waals surface area contributed by atoms with Gasteiger partial charge in [0.1, 0.15) is 23.9 Å². The van der Waals surface area contributed by atoms with Crippen molar-refractivity contribution in [1.29, 1.82) is 0 Å². The molecule has 1 aromatic heterocycles. The normalized spacial score (nSPS) is 12.8. The molecule has 238 valence electrons. The third-order valence-corrected chi connectivity index (χ3v) is 7.64. The van der Waals surface area contributed by atoms with Crippen molar-refractivity contribution < 1.29 is 31.9 Å². The Kier molecular flexibility index (Phi) is 10.2. The molecule has 0 aliphatic rings. The summed E-state index contributed by atoms with van der Waals surface area (Å²) in [6.07, 6.45) is -2.03. The van der Waals surface area contributed by atoms with Crippen LogP contribution in [0, 0.1) is 12.7 Å². The second-order valence-electron chi connectivity index (χ2n) is 10.9. The topological polar surface area (TPSA) is 104 Å². The first-order chi connectivity index (χ1) is 21.3. The summed E-state index contributed by atoms with van der Waals surface area (Å²) in [6.45, 7) is 3.68. The number of halogens is 4. The predicted octanol–water partition coefficient (Wildman–Crippen LogP) is 6.81. The smallest absolute Gasteiger partial charge is 0.405 e. The van der Waals surface area contributed by atoms with E-state index in [1.807, 2.05) is 26.0 Å². The first kappa shape index (κ1) is 33.0. The lowest BCUT2D eigenvalue weighted by Crippen LogP contribution is -2.35. The van der Waals surface area contributed by atoms with Gasteiger partial charge in [0.2, 0.25) is 5.91 Å². The average molecular weight is 627 g/mol. The number of aryl methyl sites for hydroxylation is 1. The van der Waals surface area contributed by atoms with Crippen LogP contribution in [0.1, 0.15) is 54.0 Å². The van der Waals surface area contributed by atoms with Gasteiger partial charge in [-0.3, -0.25) is 9.59 Å². The van der Waals surface area contributed by atoms with Gasteiger partial charge >= 0.3 is 6.36 Å². The lowest BCUT2D eigenvalue weighted by atomic mass is 9.90. The van der Waals surface area contributed by atoms with Gasteiger partial charge in [0.25, 0.3) is 5.56 Å². The second kappa shape index (κ2) is 13.8. The molecular formula is C33H34F4N4O4. The van der Waals surface area contributed by atoms with Crippen LogP contribution in [0.3, 0.4) is 0 Å². The summed E-state index contributed by atoms with van der Waals surface area (Å²) in [6, 6.07) is 12.9. The Morgan fingerprint density at radius 3 is 2.47 bits per heavy atom. The van der Waals surface area contributed by atoms with Crippen molar-refractivity contribution in [2.24, 2.45) is 0 Å². The van der Waals surface area contributed by atoms with Crippen LogP contribution in [0.25, 0.3) is 10.8 Å². The van der Waals surface area contributed by atoms with Gasteiger partial charge in [-0.15, -0.1) is 13.2 Å². The van der Waals surface area contributed by atoms with Crippen molar-refractivity contribution >= 4 is 34.3 Å². The van der Waals surface area contributed by atoms with Crippen molar-refractivity contribution in [3.05, 3.63) is 99.2 Å². The van der Waals surface area contributed by atoms with Crippen LogP contribution >= 0.6 is 0 Å². The van der Waals surface area contributed by atoms with Gasteiger partial charge in [0, 0.05) is 55.6 Å². The number of carbonyl (C=O) groups excluding carboxylic acids is 2. The molecule has 2 atom stereocenters. The maximum atomic E-state index is 14.3. The quantitative estimate of drug-likeness (QED) is 0.118. The van der Waals surface area contributed by atoms with Gasteiger partial charge in [-0.05, 0) is 72.4 Å². The molecule has 0 radical (unpaired) electrons. The zero-order chi connectivity index (χ0) is 32.9. The lowest BCUT2D eigenvalue weighted by molar-refractivity contribution is -0.275. The number of alkyl halides is 3. The molecule has 0 aliphatic carbocycles. The number of hydrogen-bond acceptors (Lipinski definition) is 6. The summed E-state index contributed by atoms with van der Waals surface area (Å²) in [4.78, 5) is 41.0. The largest absolute Gasteiger partial charge is 0.573 e. The van der Waals surface area contributed by atoms with Crippen molar-refractivity contribution in [3.8, 4) is 5.75 Å². The number of amides is 1. The molecular weight excluding hydrogens is 592 g/mol. The molecule has 0 bridgehead atoms. The monoisotopic (exact) mass is 626 g/mol. The van der Waals surface area contributed by atoms with Crippen molar-refractivity contribution in [2.75, 3.05) is 24.7 Å². The molecule has 12 heteroatoms. The zero-order valence-corrected chi connectivity index (χ0v) is 25.2. The fraction of sp³-hybridized carbons (Fsp3) is 0.303. The third kappa shape index (κ3) is 8.00. The number of pyridine rings is 1. The fourth-order valence-electron chi connectivity index (χ4n) is 5.31. The highest BCUT2D eigenvalue weighted by atomic mass is 19.4. The van der Waals surface area contributed by atoms with Gasteiger partial charge in [0.15, 0.2) is 0 Å². The molecule has 1 heterocycles. The van der Waals surface area contributed by atoms with E-state index in [4.69, 9.17) is 0 Å². The maximum absolute atomic E-state index is 14.3. The SMILES string of the molecule is CNc1ccc(OC(F)(F)F)c(CN(C)C(=O)[C@H](Nc2ccc3c(F)c[nH]c(=O)c3c2)c2ccc([C@@H](C)CCC=O)c(C)c2)c1. The molecule has 3 N–H and O–H groups in total. The summed E-state index contributed by atoms with van der Waals surface area (Å²) in [5, 5.41) is 6.20. The van der Waals surface area contributed by atoms with E-state index in [1.165, 1.54) is 42.3 Å². The molecule has 0 unspecified atom stereocenters. The van der Waals surface area contributed by atoms with Crippen LogP contribution in [0.5, 0.6) is 5.75 Å². The van der Waals surface area contributed by atoms with E-state index in [-0.39, 0.29) is 28.8 Å². The van der Waals surface area contributed by atoms with Crippen LogP contribution in [0.2, 0.25) is 0 Å². The number of nitrogens with zero attached hydrogens (tertiary/aromatic N) is 1. The molecule has 1 amide bonds. The number of likely N-dealkylation sites (N-methyl/N-ethyl adjacent to an activating group) is 1. The molecule has 45 heavy (non-hydrogen) atoms. The molecule has 8 nitrogen and oxygen atoms in total. The minimum atomic E-state index is -4.93. The van der Waals surface area contributed by atoms with Gasteiger partial charge in [-0.2, -0.15) is 0 Å². The first-order valence-corrected chi connectivity index (χ1v) is 14.2. The average Bonchev–Trinajstić information content (AvgIpc) is 3.00. The summed E-state index contributed by atoms with van der Waals surface area (Å²) in [5.41, 5.74) is 2.93. The Morgan fingerprint density at radius 2 is 1.80 bits per heavy atom. The third-order valence-electron chi connectivity index (χ3n) is 7.64. The Hall–Kier alpha value is -4.87. The number of anilines is 2. The Morgan fingerprint density at radius 1 is 1.07 bits per heavy atom. The number of ether oxygens (including phenoxy) is 1. The minimum absolute atomic E-state index is 0.0768. The highest BCUT2D eigenvalue weighted by Gasteiger charge is 2.33. The van der Waals surface area contributed by atoms with E-state index in [9.17, 15) is 31.9 Å². The summed E-state index contributed by atoms with van der Waals surface area (Å²) in [5.74, 6) is -1.45. The molecule has 0 spiro atoms. The second-order valence-corrected chi connectivity index (χ2v) is 10.9. The van der Waals surface area contributed by atoms with Gasteiger partial charge in [-0.1, -0.05) is 25.1 Å². The predicted molar refractivity (Wildman–Crippen MR) is 165 cm³/mol. The van der Waals surface area contributed by atoms with E-state index in [0.29, 0.717) is 29.8 Å². The number of benzene rings is 3.